The molecule has 0 bridgehead atoms. The molecule has 1 saturated carbocycles. The van der Waals surface area contributed by atoms with E-state index in [9.17, 15) is 4.79 Å². The van der Waals surface area contributed by atoms with Crippen molar-refractivity contribution in [1.82, 2.24) is 9.97 Å². The van der Waals surface area contributed by atoms with Crippen LogP contribution >= 0.6 is 0 Å². The fraction of sp³-hybridized carbons (Fsp3) is 0.333. The molecule has 1 aliphatic carbocycles. The molecule has 1 unspecified atom stereocenters. The number of nitrogens with two attached hydrogens (primary N) is 1. The van der Waals surface area contributed by atoms with Gasteiger partial charge in [0.15, 0.2) is 0 Å². The minimum atomic E-state index is -0.123. The topological polar surface area (TPSA) is 83.8 Å². The summed E-state index contributed by atoms with van der Waals surface area (Å²) >= 11 is 0. The predicted octanol–water partition coefficient (Wildman–Crippen LogP) is 2.41. The lowest BCUT2D eigenvalue weighted by Gasteiger charge is -2.14. The highest BCUT2D eigenvalue weighted by molar-refractivity contribution is 5.61. The molecule has 0 spiro atoms. The molecule has 20 heavy (non-hydrogen) atoms. The van der Waals surface area contributed by atoms with Crippen molar-refractivity contribution in [2.45, 2.75) is 31.7 Å². The Balaban J connectivity index is 1.93. The van der Waals surface area contributed by atoms with E-state index in [1.807, 2.05) is 31.2 Å². The smallest absolute Gasteiger partial charge is 0.252 e. The lowest BCUT2D eigenvalue weighted by atomic mass is 10.1. The van der Waals surface area contributed by atoms with Crippen molar-refractivity contribution >= 4 is 11.5 Å². The Hall–Kier alpha value is -2.14. The zero-order chi connectivity index (χ0) is 14.1. The first-order chi connectivity index (χ1) is 9.63. The number of hydrogen-bond donors (Lipinski definition) is 3. The first-order valence-electron chi connectivity index (χ1n) is 6.86. The number of anilines is 2. The summed E-state index contributed by atoms with van der Waals surface area (Å²) in [4.78, 5) is 19.0. The zero-order valence-electron chi connectivity index (χ0n) is 11.4. The van der Waals surface area contributed by atoms with Crippen molar-refractivity contribution in [2.75, 3.05) is 5.32 Å². The Labute approximate surface area is 117 Å². The second-order valence-corrected chi connectivity index (χ2v) is 5.29. The molecule has 5 nitrogen and oxygen atoms in total. The van der Waals surface area contributed by atoms with Crippen LogP contribution in [0, 0.1) is 0 Å². The molecule has 4 N–H and O–H groups in total. The van der Waals surface area contributed by atoms with Crippen molar-refractivity contribution < 1.29 is 0 Å². The van der Waals surface area contributed by atoms with Crippen molar-refractivity contribution in [3.05, 3.63) is 52.1 Å². The van der Waals surface area contributed by atoms with Gasteiger partial charge in [0.1, 0.15) is 11.6 Å². The number of para-hydroxylation sites is 1. The first-order valence-corrected chi connectivity index (χ1v) is 6.86. The van der Waals surface area contributed by atoms with E-state index >= 15 is 0 Å². The minimum Gasteiger partial charge on any atom is -0.340 e. The maximum Gasteiger partial charge on any atom is 0.252 e. The summed E-state index contributed by atoms with van der Waals surface area (Å²) in [6.07, 6.45) is 2.20. The summed E-state index contributed by atoms with van der Waals surface area (Å²) in [6, 6.07) is 9.20. The summed E-state index contributed by atoms with van der Waals surface area (Å²) in [5, 5.41) is 3.21. The third-order valence-electron chi connectivity index (χ3n) is 3.44. The van der Waals surface area contributed by atoms with E-state index in [2.05, 4.69) is 15.3 Å². The van der Waals surface area contributed by atoms with Crippen LogP contribution in [-0.4, -0.2) is 9.97 Å². The van der Waals surface area contributed by atoms with Crippen molar-refractivity contribution in [1.29, 1.82) is 0 Å². The Morgan fingerprint density at radius 1 is 1.40 bits per heavy atom. The Kier molecular flexibility index (Phi) is 3.28. The summed E-state index contributed by atoms with van der Waals surface area (Å²) in [5.74, 6) is 1.76. The lowest BCUT2D eigenvalue weighted by molar-refractivity contribution is 0.820. The Bertz CT molecular complexity index is 674. The second-order valence-electron chi connectivity index (χ2n) is 5.29. The molecular weight excluding hydrogens is 252 g/mol. The molecule has 3 rings (SSSR count). The van der Waals surface area contributed by atoms with Gasteiger partial charge >= 0.3 is 0 Å². The van der Waals surface area contributed by atoms with Gasteiger partial charge in [0, 0.05) is 23.7 Å². The van der Waals surface area contributed by atoms with Gasteiger partial charge in [-0.25, -0.2) is 4.98 Å². The van der Waals surface area contributed by atoms with Crippen molar-refractivity contribution in [2.24, 2.45) is 5.73 Å². The van der Waals surface area contributed by atoms with Crippen LogP contribution in [0.3, 0.4) is 0 Å². The number of H-pyrrole nitrogens is 1. The van der Waals surface area contributed by atoms with Gasteiger partial charge in [-0.05, 0) is 31.4 Å². The number of aromatic amines is 1. The van der Waals surface area contributed by atoms with E-state index in [1.165, 1.54) is 6.07 Å². The predicted molar refractivity (Wildman–Crippen MR) is 79.2 cm³/mol. The van der Waals surface area contributed by atoms with Crippen LogP contribution in [0.2, 0.25) is 0 Å². The van der Waals surface area contributed by atoms with Crippen LogP contribution in [-0.2, 0) is 0 Å². The Morgan fingerprint density at radius 2 is 2.15 bits per heavy atom. The van der Waals surface area contributed by atoms with Crippen LogP contribution in [0.1, 0.15) is 43.1 Å². The number of hydrogen-bond acceptors (Lipinski definition) is 4. The SMILES string of the molecule is CC(N)c1ccccc1Nc1cc(=O)[nH]c(C2CC2)n1. The average Bonchev–Trinajstić information content (AvgIpc) is 3.22. The third kappa shape index (κ3) is 2.72. The highest BCUT2D eigenvalue weighted by Gasteiger charge is 2.26. The molecule has 0 amide bonds. The zero-order valence-corrected chi connectivity index (χ0v) is 11.4. The molecule has 1 aliphatic rings. The molecule has 0 radical (unpaired) electrons. The van der Waals surface area contributed by atoms with E-state index in [0.717, 1.165) is 29.9 Å². The number of benzene rings is 1. The molecule has 0 saturated heterocycles. The van der Waals surface area contributed by atoms with Gasteiger partial charge in [0.2, 0.25) is 0 Å². The molecule has 1 aromatic heterocycles. The molecule has 5 heteroatoms. The van der Waals surface area contributed by atoms with Gasteiger partial charge in [0.25, 0.3) is 5.56 Å². The maximum atomic E-state index is 11.7. The van der Waals surface area contributed by atoms with E-state index in [-0.39, 0.29) is 11.6 Å². The highest BCUT2D eigenvalue weighted by atomic mass is 16.1. The molecule has 1 aromatic carbocycles. The van der Waals surface area contributed by atoms with Gasteiger partial charge in [-0.2, -0.15) is 0 Å². The molecular formula is C15H18N4O. The standard InChI is InChI=1S/C15H18N4O/c1-9(16)11-4-2-3-5-12(11)17-13-8-14(20)19-15(18-13)10-6-7-10/h2-5,8-10H,6-7,16H2,1H3,(H2,17,18,19,20). The van der Waals surface area contributed by atoms with Gasteiger partial charge in [-0.1, -0.05) is 18.2 Å². The molecule has 1 heterocycles. The largest absolute Gasteiger partial charge is 0.340 e. The summed E-state index contributed by atoms with van der Waals surface area (Å²) < 4.78 is 0. The van der Waals surface area contributed by atoms with E-state index in [4.69, 9.17) is 5.73 Å². The molecule has 1 fully saturated rings. The summed E-state index contributed by atoms with van der Waals surface area (Å²) in [6.45, 7) is 1.93. The summed E-state index contributed by atoms with van der Waals surface area (Å²) in [5.41, 5.74) is 7.73. The maximum absolute atomic E-state index is 11.7. The second kappa shape index (κ2) is 5.09. The van der Waals surface area contributed by atoms with Gasteiger partial charge in [-0.3, -0.25) is 4.79 Å². The normalized spacial score (nSPS) is 15.9. The molecule has 0 aliphatic heterocycles. The van der Waals surface area contributed by atoms with Crippen LogP contribution in [0.25, 0.3) is 0 Å². The number of nitrogens with one attached hydrogen (secondary N) is 2. The van der Waals surface area contributed by atoms with Gasteiger partial charge in [0.05, 0.1) is 0 Å². The van der Waals surface area contributed by atoms with Crippen LogP contribution in [0.5, 0.6) is 0 Å². The van der Waals surface area contributed by atoms with Gasteiger partial charge < -0.3 is 16.0 Å². The van der Waals surface area contributed by atoms with Crippen LogP contribution < -0.4 is 16.6 Å². The highest BCUT2D eigenvalue weighted by Crippen LogP contribution is 2.37. The third-order valence-corrected chi connectivity index (χ3v) is 3.44. The Morgan fingerprint density at radius 3 is 2.85 bits per heavy atom. The van der Waals surface area contributed by atoms with Crippen LogP contribution in [0.4, 0.5) is 11.5 Å². The molecule has 2 aromatic rings. The van der Waals surface area contributed by atoms with E-state index in [1.54, 1.807) is 0 Å². The monoisotopic (exact) mass is 270 g/mol. The van der Waals surface area contributed by atoms with Crippen molar-refractivity contribution in [3.8, 4) is 0 Å². The summed E-state index contributed by atoms with van der Waals surface area (Å²) in [7, 11) is 0. The van der Waals surface area contributed by atoms with E-state index < -0.39 is 0 Å². The van der Waals surface area contributed by atoms with Crippen molar-refractivity contribution in [3.63, 3.8) is 0 Å². The number of rotatable bonds is 4. The quantitative estimate of drug-likeness (QED) is 0.796. The van der Waals surface area contributed by atoms with E-state index in [0.29, 0.717) is 11.7 Å². The molecule has 104 valence electrons. The lowest BCUT2D eigenvalue weighted by Crippen LogP contribution is -2.13. The fourth-order valence-corrected chi connectivity index (χ4v) is 2.24. The van der Waals surface area contributed by atoms with Crippen LogP contribution in [0.15, 0.2) is 35.1 Å². The first kappa shape index (κ1) is 12.9. The fourth-order valence-electron chi connectivity index (χ4n) is 2.24. The average molecular weight is 270 g/mol. The number of aromatic nitrogens is 2. The molecule has 1 atom stereocenters. The minimum absolute atomic E-state index is 0.0800. The van der Waals surface area contributed by atoms with Gasteiger partial charge in [-0.15, -0.1) is 0 Å². The number of nitrogens with zero attached hydrogens (tertiary/aromatic N) is 1.